The zero-order valence-corrected chi connectivity index (χ0v) is 17.9. The molecule has 1 amide bonds. The van der Waals surface area contributed by atoms with Gasteiger partial charge in [0.25, 0.3) is 5.91 Å². The molecule has 2 heterocycles. The van der Waals surface area contributed by atoms with Gasteiger partial charge in [-0.3, -0.25) is 4.79 Å². The number of thiophene rings is 1. The van der Waals surface area contributed by atoms with Gasteiger partial charge in [-0.2, -0.15) is 5.10 Å². The highest BCUT2D eigenvalue weighted by molar-refractivity contribution is 7.17. The molecule has 1 N–H and O–H groups in total. The van der Waals surface area contributed by atoms with Crippen molar-refractivity contribution in [3.8, 4) is 16.1 Å². The van der Waals surface area contributed by atoms with Crippen LogP contribution in [-0.2, 0) is 19.4 Å². The number of fused-ring (bicyclic) bond motifs is 3. The molecule has 0 unspecified atom stereocenters. The molecule has 2 aromatic carbocycles. The van der Waals surface area contributed by atoms with Crippen LogP contribution in [0.25, 0.3) is 16.1 Å². The molecular weight excluding hydrogens is 390 g/mol. The van der Waals surface area contributed by atoms with E-state index in [2.05, 4.69) is 66.3 Å². The Balaban J connectivity index is 1.42. The predicted molar refractivity (Wildman–Crippen MR) is 121 cm³/mol. The molecule has 0 bridgehead atoms. The fourth-order valence-corrected chi connectivity index (χ4v) is 5.30. The molecule has 4 nitrogen and oxygen atoms in total. The first-order valence-electron chi connectivity index (χ1n) is 10.2. The van der Waals surface area contributed by atoms with Crippen LogP contribution in [0.1, 0.15) is 37.7 Å². The number of hydrogen-bond donors (Lipinski definition) is 1. The van der Waals surface area contributed by atoms with E-state index in [-0.39, 0.29) is 5.91 Å². The summed E-state index contributed by atoms with van der Waals surface area (Å²) in [6.45, 7) is 4.66. The Morgan fingerprint density at radius 3 is 2.60 bits per heavy atom. The zero-order valence-electron chi connectivity index (χ0n) is 17.1. The fraction of sp³-hybridized carbons (Fsp3) is 0.200. The third-order valence-corrected chi connectivity index (χ3v) is 6.82. The highest BCUT2D eigenvalue weighted by Crippen LogP contribution is 2.42. The number of carbonyl (C=O) groups excluding carboxylic acids is 1. The van der Waals surface area contributed by atoms with E-state index < -0.39 is 0 Å². The van der Waals surface area contributed by atoms with Crippen molar-refractivity contribution in [2.45, 2.75) is 33.2 Å². The first-order chi connectivity index (χ1) is 14.6. The summed E-state index contributed by atoms with van der Waals surface area (Å²) in [6.07, 6.45) is 1.86. The molecule has 150 valence electrons. The second kappa shape index (κ2) is 7.58. The van der Waals surface area contributed by atoms with Crippen molar-refractivity contribution in [2.75, 3.05) is 0 Å². The number of carbonyl (C=O) groups is 1. The van der Waals surface area contributed by atoms with E-state index in [0.717, 1.165) is 34.7 Å². The van der Waals surface area contributed by atoms with Gasteiger partial charge in [0.05, 0.1) is 22.0 Å². The smallest absolute Gasteiger partial charge is 0.261 e. The monoisotopic (exact) mass is 413 g/mol. The Morgan fingerprint density at radius 1 is 1.07 bits per heavy atom. The summed E-state index contributed by atoms with van der Waals surface area (Å²) in [6, 6.07) is 20.6. The molecule has 0 spiro atoms. The quantitative estimate of drug-likeness (QED) is 0.497. The summed E-state index contributed by atoms with van der Waals surface area (Å²) in [4.78, 5) is 14.8. The van der Waals surface area contributed by atoms with Gasteiger partial charge in [-0.1, -0.05) is 48.0 Å². The molecule has 5 heteroatoms. The van der Waals surface area contributed by atoms with Crippen molar-refractivity contribution in [3.63, 3.8) is 0 Å². The first-order valence-corrected chi connectivity index (χ1v) is 11.0. The van der Waals surface area contributed by atoms with Gasteiger partial charge in [0.2, 0.25) is 0 Å². The third kappa shape index (κ3) is 3.35. The molecule has 0 aliphatic heterocycles. The lowest BCUT2D eigenvalue weighted by atomic mass is 9.95. The van der Waals surface area contributed by atoms with Crippen LogP contribution in [0.3, 0.4) is 0 Å². The van der Waals surface area contributed by atoms with Crippen LogP contribution in [0, 0.1) is 13.8 Å². The largest absolute Gasteiger partial charge is 0.347 e. The van der Waals surface area contributed by atoms with Crippen LogP contribution in [0.4, 0.5) is 0 Å². The molecule has 4 aromatic rings. The number of nitrogens with one attached hydrogen (secondary N) is 1. The number of aromatic nitrogens is 2. The molecule has 0 fully saturated rings. The maximum atomic E-state index is 12.8. The lowest BCUT2D eigenvalue weighted by Gasteiger charge is -2.14. The van der Waals surface area contributed by atoms with E-state index in [4.69, 9.17) is 5.10 Å². The lowest BCUT2D eigenvalue weighted by Crippen LogP contribution is -2.21. The summed E-state index contributed by atoms with van der Waals surface area (Å²) in [5, 5.41) is 7.89. The Morgan fingerprint density at radius 2 is 1.83 bits per heavy atom. The normalized spacial score (nSPS) is 12.3. The minimum Gasteiger partial charge on any atom is -0.347 e. The Hall–Kier alpha value is -3.18. The van der Waals surface area contributed by atoms with Crippen LogP contribution >= 0.6 is 11.3 Å². The van der Waals surface area contributed by atoms with E-state index in [1.165, 1.54) is 27.3 Å². The number of hydrogen-bond acceptors (Lipinski definition) is 3. The van der Waals surface area contributed by atoms with Crippen LogP contribution in [0.5, 0.6) is 0 Å². The number of amides is 1. The Bertz CT molecular complexity index is 1220. The maximum Gasteiger partial charge on any atom is 0.261 e. The minimum absolute atomic E-state index is 0.00960. The van der Waals surface area contributed by atoms with Crippen molar-refractivity contribution >= 4 is 17.2 Å². The minimum atomic E-state index is -0.00960. The summed E-state index contributed by atoms with van der Waals surface area (Å²) in [5.41, 5.74) is 8.11. The van der Waals surface area contributed by atoms with E-state index in [1.54, 1.807) is 11.3 Å². The molecule has 30 heavy (non-hydrogen) atoms. The van der Waals surface area contributed by atoms with Gasteiger partial charge in [-0.25, -0.2) is 4.68 Å². The van der Waals surface area contributed by atoms with Crippen LogP contribution in [0.2, 0.25) is 0 Å². The van der Waals surface area contributed by atoms with Crippen molar-refractivity contribution in [2.24, 2.45) is 0 Å². The number of nitrogens with zero attached hydrogens (tertiary/aromatic N) is 2. The second-order valence-electron chi connectivity index (χ2n) is 7.79. The number of benzene rings is 2. The van der Waals surface area contributed by atoms with Crippen LogP contribution in [-0.4, -0.2) is 15.7 Å². The van der Waals surface area contributed by atoms with E-state index in [1.807, 2.05) is 18.2 Å². The van der Waals surface area contributed by atoms with Crippen molar-refractivity contribution < 1.29 is 4.79 Å². The molecule has 1 aliphatic carbocycles. The molecule has 2 aromatic heterocycles. The summed E-state index contributed by atoms with van der Waals surface area (Å²) in [7, 11) is 0. The summed E-state index contributed by atoms with van der Waals surface area (Å²) >= 11 is 1.58. The lowest BCUT2D eigenvalue weighted by molar-refractivity contribution is 0.0955. The van der Waals surface area contributed by atoms with Crippen LogP contribution < -0.4 is 5.32 Å². The van der Waals surface area contributed by atoms with Gasteiger partial charge in [-0.15, -0.1) is 11.3 Å². The SMILES string of the molecule is Cc1ccc(CNC(=O)c2cc3c(s2)-c2c(C)nn(-c4ccccc4)c2CC3)cc1. The predicted octanol–water partition coefficient (Wildman–Crippen LogP) is 5.25. The molecular formula is C25H23N3OS. The summed E-state index contributed by atoms with van der Waals surface area (Å²) in [5.74, 6) is -0.00960. The highest BCUT2D eigenvalue weighted by atomic mass is 32.1. The molecule has 0 saturated carbocycles. The van der Waals surface area contributed by atoms with Crippen molar-refractivity contribution in [1.29, 1.82) is 0 Å². The van der Waals surface area contributed by atoms with Gasteiger partial charge in [0, 0.05) is 17.0 Å². The molecule has 0 radical (unpaired) electrons. The van der Waals surface area contributed by atoms with Gasteiger partial charge >= 0.3 is 0 Å². The fourth-order valence-electron chi connectivity index (χ4n) is 4.05. The topological polar surface area (TPSA) is 46.9 Å². The molecule has 0 saturated heterocycles. The molecule has 1 aliphatic rings. The Labute approximate surface area is 180 Å². The maximum absolute atomic E-state index is 12.8. The third-order valence-electron chi connectivity index (χ3n) is 5.62. The Kier molecular flexibility index (Phi) is 4.75. The highest BCUT2D eigenvalue weighted by Gasteiger charge is 2.27. The van der Waals surface area contributed by atoms with E-state index in [9.17, 15) is 4.79 Å². The zero-order chi connectivity index (χ0) is 20.7. The van der Waals surface area contributed by atoms with Gasteiger partial charge < -0.3 is 5.32 Å². The van der Waals surface area contributed by atoms with E-state index in [0.29, 0.717) is 6.54 Å². The number of para-hydroxylation sites is 1. The summed E-state index contributed by atoms with van der Waals surface area (Å²) < 4.78 is 2.06. The average molecular weight is 414 g/mol. The van der Waals surface area contributed by atoms with Gasteiger partial charge in [-0.05, 0) is 56.0 Å². The van der Waals surface area contributed by atoms with Gasteiger partial charge in [0.1, 0.15) is 0 Å². The van der Waals surface area contributed by atoms with Crippen LogP contribution in [0.15, 0.2) is 60.7 Å². The van der Waals surface area contributed by atoms with Crippen molar-refractivity contribution in [1.82, 2.24) is 15.1 Å². The molecule has 5 rings (SSSR count). The first kappa shape index (κ1) is 18.8. The second-order valence-corrected chi connectivity index (χ2v) is 8.84. The standard InChI is InChI=1S/C25H23N3OS/c1-16-8-10-18(11-9-16)15-26-25(29)22-14-19-12-13-21-23(24(19)30-22)17(2)27-28(21)20-6-4-3-5-7-20/h3-11,14H,12-13,15H2,1-2H3,(H,26,29). The molecule has 0 atom stereocenters. The average Bonchev–Trinajstić information content (AvgIpc) is 3.35. The number of aryl methyl sites for hydroxylation is 3. The van der Waals surface area contributed by atoms with Gasteiger partial charge in [0.15, 0.2) is 0 Å². The number of rotatable bonds is 4. The van der Waals surface area contributed by atoms with Crippen molar-refractivity contribution in [3.05, 3.63) is 93.6 Å². The van der Waals surface area contributed by atoms with E-state index >= 15 is 0 Å².